The summed E-state index contributed by atoms with van der Waals surface area (Å²) in [7, 11) is 9.34. The van der Waals surface area contributed by atoms with E-state index >= 15 is 0 Å². The van der Waals surface area contributed by atoms with Gasteiger partial charge in [0.2, 0.25) is 0 Å². The Morgan fingerprint density at radius 1 is 1.00 bits per heavy atom. The molecule has 0 unspecified atom stereocenters. The van der Waals surface area contributed by atoms with Gasteiger partial charge in [0.1, 0.15) is 0 Å². The molecule has 0 aromatic carbocycles. The van der Waals surface area contributed by atoms with Gasteiger partial charge in [0.15, 0.2) is 0 Å². The van der Waals surface area contributed by atoms with Crippen LogP contribution in [0.1, 0.15) is 0 Å². The topological polar surface area (TPSA) is 0 Å². The van der Waals surface area contributed by atoms with E-state index in [4.69, 9.17) is 0 Å². The zero-order chi connectivity index (χ0) is 2.71. The van der Waals surface area contributed by atoms with Crippen LogP contribution in [0.5, 0.6) is 0 Å². The van der Waals surface area contributed by atoms with E-state index in [0.29, 0.717) is 0 Å². The molecule has 0 bridgehead atoms. The Kier molecular flexibility index (Phi) is 108. The van der Waals surface area contributed by atoms with E-state index in [2.05, 4.69) is 20.2 Å². The van der Waals surface area contributed by atoms with Gasteiger partial charge in [-0.05, 0) is 0 Å². The minimum atomic E-state index is 0. The maximum atomic E-state index is 4.67. The third kappa shape index (κ3) is 34.4. The molecule has 0 aliphatic carbocycles. The molecular formula is CaCl2CuF2. The van der Waals surface area contributed by atoms with Crippen molar-refractivity contribution in [3.63, 3.8) is 0 Å². The van der Waals surface area contributed by atoms with E-state index < -0.39 is 0 Å². The molecule has 41 valence electrons. The summed E-state index contributed by atoms with van der Waals surface area (Å²) in [4.78, 5) is 0. The maximum Gasteiger partial charge on any atom is -1.00 e. The van der Waals surface area contributed by atoms with Crippen LogP contribution < -0.4 is 9.41 Å². The maximum absolute atomic E-state index is 4.67. The van der Waals surface area contributed by atoms with Crippen LogP contribution in [0, 0.1) is 0 Å². The summed E-state index contributed by atoms with van der Waals surface area (Å²) < 4.78 is 0. The van der Waals surface area contributed by atoms with E-state index in [-0.39, 0.29) is 47.1 Å². The second-order valence-corrected chi connectivity index (χ2v) is 1.60. The summed E-state index contributed by atoms with van der Waals surface area (Å²) >= 11 is 0.757. The quantitative estimate of drug-likeness (QED) is 0.353. The molecule has 0 radical (unpaired) electrons. The number of rotatable bonds is 0. The summed E-state index contributed by atoms with van der Waals surface area (Å²) in [6.45, 7) is 0. The molecule has 0 N–H and O–H groups in total. The van der Waals surface area contributed by atoms with Crippen LogP contribution in [0.3, 0.4) is 0 Å². The first-order chi connectivity index (χ1) is 1.41. The third-order valence-electron chi connectivity index (χ3n) is 0. The molecule has 0 aromatic heterocycles. The molecule has 0 atom stereocenters. The Balaban J connectivity index is -0.00000000667. The second kappa shape index (κ2) is 26.9. The molecule has 0 amide bonds. The summed E-state index contributed by atoms with van der Waals surface area (Å²) in [5, 5.41) is 0. The largest absolute Gasteiger partial charge is 1.00 e. The molecular weight excluding hydrogens is 213 g/mol. The fourth-order valence-corrected chi connectivity index (χ4v) is 0. The normalized spacial score (nSPS) is 3.67. The van der Waals surface area contributed by atoms with Crippen LogP contribution >= 0.6 is 20.2 Å². The molecule has 0 spiro atoms. The van der Waals surface area contributed by atoms with Crippen LogP contribution in [0.2, 0.25) is 0 Å². The summed E-state index contributed by atoms with van der Waals surface area (Å²) in [6, 6.07) is 0. The van der Waals surface area contributed by atoms with E-state index in [1.165, 1.54) is 0 Å². The summed E-state index contributed by atoms with van der Waals surface area (Å²) in [6.07, 6.45) is 0. The van der Waals surface area contributed by atoms with Crippen molar-refractivity contribution in [2.75, 3.05) is 0 Å². The predicted molar refractivity (Wildman–Crippen MR) is 17.5 cm³/mol. The molecule has 6 heavy (non-hydrogen) atoms. The van der Waals surface area contributed by atoms with E-state index in [0.717, 1.165) is 13.1 Å². The number of hydrogen-bond donors (Lipinski definition) is 0. The molecule has 0 aromatic rings. The standard InChI is InChI=1S/Ca.2ClH.Cu.2FH/h;2*1H;;2*1H/q+2;;;+2;;/p-4. The van der Waals surface area contributed by atoms with Gasteiger partial charge in [0.05, 0.1) is 0 Å². The Morgan fingerprint density at radius 2 is 1.00 bits per heavy atom. The van der Waals surface area contributed by atoms with Crippen LogP contribution in [0.15, 0.2) is 0 Å². The second-order valence-electron chi connectivity index (χ2n) is 0.0431. The van der Waals surface area contributed by atoms with Crippen molar-refractivity contribution in [2.45, 2.75) is 0 Å². The molecule has 0 saturated carbocycles. The van der Waals surface area contributed by atoms with Crippen LogP contribution in [0.25, 0.3) is 0 Å². The number of hydrogen-bond acceptors (Lipinski definition) is 0. The average Bonchev–Trinajstić information content (AvgIpc) is 0.918. The predicted octanol–water partition coefficient (Wildman–Crippen LogP) is -5.00. The fourth-order valence-electron chi connectivity index (χ4n) is 0. The van der Waals surface area contributed by atoms with Crippen molar-refractivity contribution in [3.05, 3.63) is 0 Å². The molecule has 0 aliphatic heterocycles. The molecule has 0 aliphatic rings. The van der Waals surface area contributed by atoms with Crippen molar-refractivity contribution in [2.24, 2.45) is 0 Å². The van der Waals surface area contributed by atoms with E-state index in [1.807, 2.05) is 0 Å². The first-order valence-electron chi connectivity index (χ1n) is 0.228. The van der Waals surface area contributed by atoms with Gasteiger partial charge < -0.3 is 9.41 Å². The minimum absolute atomic E-state index is 0. The molecule has 0 fully saturated rings. The van der Waals surface area contributed by atoms with Crippen LogP contribution in [-0.4, -0.2) is 37.7 Å². The van der Waals surface area contributed by atoms with Gasteiger partial charge >= 0.3 is 71.1 Å². The van der Waals surface area contributed by atoms with Gasteiger partial charge in [-0.1, -0.05) is 0 Å². The van der Waals surface area contributed by atoms with Crippen molar-refractivity contribution < 1.29 is 22.5 Å². The molecule has 0 saturated heterocycles. The van der Waals surface area contributed by atoms with Crippen molar-refractivity contribution in [1.29, 1.82) is 0 Å². The van der Waals surface area contributed by atoms with Gasteiger partial charge in [-0.15, -0.1) is 0 Å². The Morgan fingerprint density at radius 3 is 1.00 bits per heavy atom. The van der Waals surface area contributed by atoms with Gasteiger partial charge in [0, 0.05) is 0 Å². The Bertz CT molecular complexity index is 11.5. The van der Waals surface area contributed by atoms with Gasteiger partial charge in [0.25, 0.3) is 0 Å². The van der Waals surface area contributed by atoms with Gasteiger partial charge in [-0.2, -0.15) is 0 Å². The molecule has 0 heterocycles. The zero-order valence-electron chi connectivity index (χ0n) is 2.52. The minimum Gasteiger partial charge on any atom is -1.00 e. The zero-order valence-corrected chi connectivity index (χ0v) is 7.18. The van der Waals surface area contributed by atoms with Crippen molar-refractivity contribution in [1.82, 2.24) is 0 Å². The number of halogens is 4. The van der Waals surface area contributed by atoms with Gasteiger partial charge in [-0.3, -0.25) is 0 Å². The monoisotopic (exact) mass is 211 g/mol. The average molecular weight is 213 g/mol. The van der Waals surface area contributed by atoms with E-state index in [9.17, 15) is 0 Å². The SMILES string of the molecule is [Ca+2].[Cl][Cu][Cl].[F-].[F-]. The summed E-state index contributed by atoms with van der Waals surface area (Å²) in [5.41, 5.74) is 0. The van der Waals surface area contributed by atoms with Crippen molar-refractivity contribution >= 4 is 57.9 Å². The molecule has 0 rings (SSSR count). The van der Waals surface area contributed by atoms with E-state index in [1.54, 1.807) is 0 Å². The summed E-state index contributed by atoms with van der Waals surface area (Å²) in [5.74, 6) is 0. The van der Waals surface area contributed by atoms with Crippen LogP contribution in [-0.2, 0) is 13.1 Å². The smallest absolute Gasteiger partial charge is 1.00 e. The Hall–Kier alpha value is 2.22. The first-order valence-corrected chi connectivity index (χ1v) is 2.82. The van der Waals surface area contributed by atoms with Crippen molar-refractivity contribution in [3.8, 4) is 0 Å². The molecule has 6 heteroatoms. The Labute approximate surface area is 79.3 Å². The third-order valence-corrected chi connectivity index (χ3v) is 0. The fraction of sp³-hybridized carbons (Fsp3) is 0. The first kappa shape index (κ1) is 24.1. The van der Waals surface area contributed by atoms with Crippen LogP contribution in [0.4, 0.5) is 0 Å². The molecule has 0 nitrogen and oxygen atoms in total. The van der Waals surface area contributed by atoms with Gasteiger partial charge in [-0.25, -0.2) is 0 Å².